The lowest BCUT2D eigenvalue weighted by atomic mass is 10.3. The zero-order chi connectivity index (χ0) is 19.6. The molecule has 0 unspecified atom stereocenters. The van der Waals surface area contributed by atoms with Gasteiger partial charge in [-0.25, -0.2) is 0 Å². The normalized spacial score (nSPS) is 13.9. The number of rotatable bonds is 5. The summed E-state index contributed by atoms with van der Waals surface area (Å²) < 4.78 is 1.80. The molecule has 0 saturated carbocycles. The van der Waals surface area contributed by atoms with Crippen LogP contribution in [0.1, 0.15) is 10.5 Å². The molecular formula is C16H13BrN4O5S. The summed E-state index contributed by atoms with van der Waals surface area (Å²) in [5, 5.41) is 15.9. The summed E-state index contributed by atoms with van der Waals surface area (Å²) in [5.74, 6) is -1.52. The van der Waals surface area contributed by atoms with Gasteiger partial charge in [-0.2, -0.15) is 9.78 Å². The Bertz CT molecular complexity index is 960. The van der Waals surface area contributed by atoms with Crippen LogP contribution in [0, 0.1) is 0 Å². The summed E-state index contributed by atoms with van der Waals surface area (Å²) in [6, 6.07) is 7.56. The van der Waals surface area contributed by atoms with Crippen LogP contribution in [0.15, 0.2) is 39.6 Å². The number of aromatic hydroxyl groups is 1. The monoisotopic (exact) mass is 452 g/mol. The van der Waals surface area contributed by atoms with Crippen LogP contribution in [0.25, 0.3) is 5.69 Å². The van der Waals surface area contributed by atoms with E-state index in [1.54, 1.807) is 24.3 Å². The third-order valence-corrected chi connectivity index (χ3v) is 5.05. The van der Waals surface area contributed by atoms with Gasteiger partial charge in [0.1, 0.15) is 0 Å². The van der Waals surface area contributed by atoms with Gasteiger partial charge in [-0.15, -0.1) is 0 Å². The van der Waals surface area contributed by atoms with Gasteiger partial charge in [0.15, 0.2) is 11.4 Å². The molecule has 0 aliphatic carbocycles. The fraction of sp³-hybridized carbons (Fsp3) is 0.188. The fourth-order valence-electron chi connectivity index (χ4n) is 2.34. The van der Waals surface area contributed by atoms with Gasteiger partial charge < -0.3 is 10.4 Å². The molecule has 3 rings (SSSR count). The number of nitrogens with one attached hydrogen (secondary N) is 1. The van der Waals surface area contributed by atoms with Gasteiger partial charge in [-0.05, 0) is 24.3 Å². The summed E-state index contributed by atoms with van der Waals surface area (Å²) >= 11 is 4.19. The van der Waals surface area contributed by atoms with E-state index < -0.39 is 17.2 Å². The summed E-state index contributed by atoms with van der Waals surface area (Å²) in [7, 11) is 0. The van der Waals surface area contributed by atoms with Crippen LogP contribution < -0.4 is 10.9 Å². The number of hydrogen-bond donors (Lipinski definition) is 2. The molecule has 3 amide bonds. The largest absolute Gasteiger partial charge is 0.505 e. The Labute approximate surface area is 165 Å². The van der Waals surface area contributed by atoms with Crippen LogP contribution in [0.4, 0.5) is 4.79 Å². The van der Waals surface area contributed by atoms with Gasteiger partial charge in [0.05, 0.1) is 11.4 Å². The Balaban J connectivity index is 1.75. The highest BCUT2D eigenvalue weighted by Crippen LogP contribution is 2.18. The summed E-state index contributed by atoms with van der Waals surface area (Å²) in [4.78, 5) is 48.5. The first-order valence-corrected chi connectivity index (χ1v) is 9.49. The Morgan fingerprint density at radius 3 is 2.59 bits per heavy atom. The van der Waals surface area contributed by atoms with E-state index in [-0.39, 0.29) is 35.7 Å². The molecule has 1 saturated heterocycles. The molecule has 1 fully saturated rings. The third kappa shape index (κ3) is 4.19. The number of thioether (sulfide) groups is 1. The molecule has 140 valence electrons. The van der Waals surface area contributed by atoms with E-state index in [2.05, 4.69) is 26.3 Å². The number of imide groups is 1. The molecule has 0 atom stereocenters. The van der Waals surface area contributed by atoms with E-state index in [9.17, 15) is 24.3 Å². The summed E-state index contributed by atoms with van der Waals surface area (Å²) in [5.41, 5.74) is -0.523. The Kier molecular flexibility index (Phi) is 5.61. The Morgan fingerprint density at radius 2 is 1.96 bits per heavy atom. The zero-order valence-corrected chi connectivity index (χ0v) is 16.1. The van der Waals surface area contributed by atoms with Crippen molar-refractivity contribution in [2.45, 2.75) is 0 Å². The van der Waals surface area contributed by atoms with Crippen molar-refractivity contribution in [3.05, 3.63) is 50.9 Å². The molecule has 1 aromatic carbocycles. The van der Waals surface area contributed by atoms with Crippen LogP contribution in [-0.2, 0) is 4.79 Å². The molecule has 2 heterocycles. The van der Waals surface area contributed by atoms with Gasteiger partial charge in [-0.1, -0.05) is 27.7 Å². The molecule has 0 bridgehead atoms. The SMILES string of the molecule is O=C(NCCN1C(=O)CSC1=O)c1nn(-c2ccc(Br)cc2)c(=O)cc1O. The van der Waals surface area contributed by atoms with Crippen molar-refractivity contribution in [3.8, 4) is 11.4 Å². The van der Waals surface area contributed by atoms with Crippen LogP contribution in [0.3, 0.4) is 0 Å². The second kappa shape index (κ2) is 7.92. The lowest BCUT2D eigenvalue weighted by molar-refractivity contribution is -0.124. The number of halogens is 1. The molecule has 0 radical (unpaired) electrons. The number of benzene rings is 1. The Hall–Kier alpha value is -2.66. The number of nitrogens with zero attached hydrogens (tertiary/aromatic N) is 3. The molecule has 9 nitrogen and oxygen atoms in total. The number of aromatic nitrogens is 2. The number of carbonyl (C=O) groups is 3. The maximum absolute atomic E-state index is 12.3. The predicted molar refractivity (Wildman–Crippen MR) is 101 cm³/mol. The smallest absolute Gasteiger partial charge is 0.288 e. The average molecular weight is 453 g/mol. The van der Waals surface area contributed by atoms with E-state index in [1.165, 1.54) is 0 Å². The van der Waals surface area contributed by atoms with Gasteiger partial charge in [0.2, 0.25) is 5.91 Å². The first-order chi connectivity index (χ1) is 12.9. The minimum absolute atomic E-state index is 0.00456. The Morgan fingerprint density at radius 1 is 1.26 bits per heavy atom. The minimum Gasteiger partial charge on any atom is -0.505 e. The predicted octanol–water partition coefficient (Wildman–Crippen LogP) is 1.13. The van der Waals surface area contributed by atoms with Crippen molar-refractivity contribution < 1.29 is 19.5 Å². The van der Waals surface area contributed by atoms with Crippen molar-refractivity contribution in [2.75, 3.05) is 18.8 Å². The van der Waals surface area contributed by atoms with Crippen LogP contribution in [-0.4, -0.2) is 55.7 Å². The van der Waals surface area contributed by atoms with Crippen molar-refractivity contribution in [3.63, 3.8) is 0 Å². The van der Waals surface area contributed by atoms with Crippen molar-refractivity contribution in [1.29, 1.82) is 0 Å². The highest BCUT2D eigenvalue weighted by atomic mass is 79.9. The lowest BCUT2D eigenvalue weighted by Crippen LogP contribution is -2.38. The molecule has 1 aliphatic rings. The summed E-state index contributed by atoms with van der Waals surface area (Å²) in [6.07, 6.45) is 0. The molecule has 27 heavy (non-hydrogen) atoms. The highest BCUT2D eigenvalue weighted by molar-refractivity contribution is 9.10. The molecule has 2 aromatic rings. The van der Waals surface area contributed by atoms with Crippen LogP contribution >= 0.6 is 27.7 Å². The molecular weight excluding hydrogens is 440 g/mol. The van der Waals surface area contributed by atoms with Crippen LogP contribution in [0.5, 0.6) is 5.75 Å². The van der Waals surface area contributed by atoms with Crippen LogP contribution in [0.2, 0.25) is 0 Å². The topological polar surface area (TPSA) is 122 Å². The maximum Gasteiger partial charge on any atom is 0.288 e. The maximum atomic E-state index is 12.3. The number of hydrogen-bond acceptors (Lipinski definition) is 7. The number of carbonyl (C=O) groups excluding carboxylic acids is 3. The van der Waals surface area contributed by atoms with E-state index >= 15 is 0 Å². The highest BCUT2D eigenvalue weighted by Gasteiger charge is 2.29. The van der Waals surface area contributed by atoms with E-state index in [4.69, 9.17) is 0 Å². The second-order valence-electron chi connectivity index (χ2n) is 5.46. The fourth-order valence-corrected chi connectivity index (χ4v) is 3.35. The minimum atomic E-state index is -0.731. The quantitative estimate of drug-likeness (QED) is 0.696. The lowest BCUT2D eigenvalue weighted by Gasteiger charge is -2.13. The van der Waals surface area contributed by atoms with E-state index in [1.807, 2.05) is 0 Å². The first-order valence-electron chi connectivity index (χ1n) is 7.71. The first kappa shape index (κ1) is 19.1. The third-order valence-electron chi connectivity index (χ3n) is 3.66. The van der Waals surface area contributed by atoms with Gasteiger partial charge >= 0.3 is 0 Å². The zero-order valence-electron chi connectivity index (χ0n) is 13.7. The van der Waals surface area contributed by atoms with Crippen molar-refractivity contribution >= 4 is 44.7 Å². The average Bonchev–Trinajstić information content (AvgIpc) is 2.94. The van der Waals surface area contributed by atoms with E-state index in [0.717, 1.165) is 31.9 Å². The second-order valence-corrected chi connectivity index (χ2v) is 7.30. The summed E-state index contributed by atoms with van der Waals surface area (Å²) in [6.45, 7) is 0.0128. The standard InChI is InChI=1S/C16H13BrN4O5S/c17-9-1-3-10(4-2-9)21-12(23)7-11(22)14(19-21)15(25)18-5-6-20-13(24)8-27-16(20)26/h1-4,7,22H,5-6,8H2,(H,18,25). The van der Waals surface area contributed by atoms with Crippen molar-refractivity contribution in [1.82, 2.24) is 20.0 Å². The number of amides is 3. The molecule has 1 aromatic heterocycles. The van der Waals surface area contributed by atoms with Gasteiger partial charge in [0.25, 0.3) is 16.7 Å². The van der Waals surface area contributed by atoms with Gasteiger partial charge in [0, 0.05) is 23.6 Å². The van der Waals surface area contributed by atoms with Crippen molar-refractivity contribution in [2.24, 2.45) is 0 Å². The molecule has 1 aliphatic heterocycles. The van der Waals surface area contributed by atoms with Gasteiger partial charge in [-0.3, -0.25) is 24.1 Å². The molecule has 11 heteroatoms. The molecule has 0 spiro atoms. The molecule has 2 N–H and O–H groups in total. The van der Waals surface area contributed by atoms with E-state index in [0.29, 0.717) is 5.69 Å².